The maximum atomic E-state index is 13.5. The SMILES string of the molecule is Cc1nc(-c2ccco2)nc2sc(C(=O)N3CCC[C@@H]3c3cccnc3)c(C)c12. The summed E-state index contributed by atoms with van der Waals surface area (Å²) in [5.41, 5.74) is 2.91. The molecule has 0 aromatic carbocycles. The largest absolute Gasteiger partial charge is 0.461 e. The minimum absolute atomic E-state index is 0.0656. The first-order valence-corrected chi connectivity index (χ1v) is 10.5. The molecule has 0 radical (unpaired) electrons. The standard InChI is InChI=1S/C22H20N4O2S/c1-13-18-14(2)24-20(17-8-5-11-28-17)25-21(18)29-19(13)22(27)26-10-4-7-16(26)15-6-3-9-23-12-15/h3,5-6,8-9,11-12,16H,4,7,10H2,1-2H3/t16-/m1/s1. The first-order valence-electron chi connectivity index (χ1n) is 9.66. The molecule has 0 aliphatic carbocycles. The monoisotopic (exact) mass is 404 g/mol. The first-order chi connectivity index (χ1) is 14.1. The molecule has 0 N–H and O–H groups in total. The van der Waals surface area contributed by atoms with Crippen LogP contribution in [0.15, 0.2) is 47.3 Å². The van der Waals surface area contributed by atoms with Gasteiger partial charge in [-0.25, -0.2) is 9.97 Å². The van der Waals surface area contributed by atoms with Gasteiger partial charge in [0.1, 0.15) is 4.83 Å². The summed E-state index contributed by atoms with van der Waals surface area (Å²) in [5, 5.41) is 0.964. The van der Waals surface area contributed by atoms with Crippen molar-refractivity contribution in [3.63, 3.8) is 0 Å². The summed E-state index contributed by atoms with van der Waals surface area (Å²) in [6.07, 6.45) is 7.19. The van der Waals surface area contributed by atoms with Gasteiger partial charge >= 0.3 is 0 Å². The highest BCUT2D eigenvalue weighted by molar-refractivity contribution is 7.20. The van der Waals surface area contributed by atoms with E-state index in [0.717, 1.165) is 51.3 Å². The van der Waals surface area contributed by atoms with Gasteiger partial charge in [0, 0.05) is 24.3 Å². The molecule has 7 heteroatoms. The Bertz CT molecular complexity index is 1180. The molecule has 1 fully saturated rings. The molecule has 29 heavy (non-hydrogen) atoms. The van der Waals surface area contributed by atoms with E-state index in [0.29, 0.717) is 11.6 Å². The zero-order valence-corrected chi connectivity index (χ0v) is 17.1. The highest BCUT2D eigenvalue weighted by Gasteiger charge is 2.33. The maximum Gasteiger partial charge on any atom is 0.264 e. The van der Waals surface area contributed by atoms with Crippen LogP contribution in [0.1, 0.15) is 45.4 Å². The second kappa shape index (κ2) is 7.08. The minimum atomic E-state index is 0.0656. The van der Waals surface area contributed by atoms with Gasteiger partial charge in [-0.2, -0.15) is 0 Å². The molecule has 146 valence electrons. The predicted octanol–water partition coefficient (Wildman–Crippen LogP) is 4.94. The van der Waals surface area contributed by atoms with Crippen LogP contribution in [0.25, 0.3) is 21.8 Å². The van der Waals surface area contributed by atoms with E-state index in [2.05, 4.69) is 15.0 Å². The van der Waals surface area contributed by atoms with Crippen LogP contribution in [-0.4, -0.2) is 32.3 Å². The lowest BCUT2D eigenvalue weighted by molar-refractivity contribution is 0.0740. The number of amides is 1. The molecule has 5 heterocycles. The smallest absolute Gasteiger partial charge is 0.264 e. The summed E-state index contributed by atoms with van der Waals surface area (Å²) in [6.45, 7) is 4.71. The highest BCUT2D eigenvalue weighted by atomic mass is 32.1. The number of aromatic nitrogens is 3. The van der Waals surface area contributed by atoms with Gasteiger partial charge in [-0.3, -0.25) is 9.78 Å². The molecule has 1 aliphatic heterocycles. The molecule has 1 amide bonds. The van der Waals surface area contributed by atoms with Gasteiger partial charge in [0.15, 0.2) is 11.6 Å². The quantitative estimate of drug-likeness (QED) is 0.484. The average Bonchev–Trinajstić information content (AvgIpc) is 3.48. The Labute approximate surface area is 172 Å². The molecular formula is C22H20N4O2S. The van der Waals surface area contributed by atoms with Gasteiger partial charge in [0.25, 0.3) is 5.91 Å². The average molecular weight is 404 g/mol. The summed E-state index contributed by atoms with van der Waals surface area (Å²) < 4.78 is 5.45. The molecular weight excluding hydrogens is 384 g/mol. The van der Waals surface area contributed by atoms with Crippen molar-refractivity contribution in [2.45, 2.75) is 32.7 Å². The molecule has 0 spiro atoms. The second-order valence-corrected chi connectivity index (χ2v) is 8.29. The van der Waals surface area contributed by atoms with Crippen molar-refractivity contribution in [3.05, 3.63) is 64.6 Å². The number of hydrogen-bond acceptors (Lipinski definition) is 6. The van der Waals surface area contributed by atoms with E-state index in [4.69, 9.17) is 4.42 Å². The number of aryl methyl sites for hydroxylation is 2. The van der Waals surface area contributed by atoms with Crippen LogP contribution in [0.2, 0.25) is 0 Å². The van der Waals surface area contributed by atoms with E-state index < -0.39 is 0 Å². The van der Waals surface area contributed by atoms with E-state index in [-0.39, 0.29) is 11.9 Å². The normalized spacial score (nSPS) is 16.6. The summed E-state index contributed by atoms with van der Waals surface area (Å²) in [5.74, 6) is 1.25. The van der Waals surface area contributed by atoms with Crippen molar-refractivity contribution in [2.75, 3.05) is 6.54 Å². The third-order valence-corrected chi connectivity index (χ3v) is 6.66. The maximum absolute atomic E-state index is 13.5. The van der Waals surface area contributed by atoms with Gasteiger partial charge < -0.3 is 9.32 Å². The van der Waals surface area contributed by atoms with Crippen molar-refractivity contribution >= 4 is 27.5 Å². The summed E-state index contributed by atoms with van der Waals surface area (Å²) >= 11 is 1.44. The number of rotatable bonds is 3. The Hall–Kier alpha value is -3.06. The Morgan fingerprint density at radius 3 is 2.90 bits per heavy atom. The fourth-order valence-electron chi connectivity index (χ4n) is 4.12. The van der Waals surface area contributed by atoms with Crippen LogP contribution in [0.4, 0.5) is 0 Å². The van der Waals surface area contributed by atoms with Crippen molar-refractivity contribution in [3.8, 4) is 11.6 Å². The van der Waals surface area contributed by atoms with Crippen LogP contribution in [0.5, 0.6) is 0 Å². The van der Waals surface area contributed by atoms with Crippen molar-refractivity contribution in [1.29, 1.82) is 0 Å². The number of pyridine rings is 1. The fourth-order valence-corrected chi connectivity index (χ4v) is 5.31. The van der Waals surface area contributed by atoms with E-state index >= 15 is 0 Å². The molecule has 5 rings (SSSR count). The van der Waals surface area contributed by atoms with Gasteiger partial charge in [-0.15, -0.1) is 11.3 Å². The van der Waals surface area contributed by atoms with Crippen LogP contribution in [-0.2, 0) is 0 Å². The summed E-state index contributed by atoms with van der Waals surface area (Å²) in [4.78, 5) is 30.6. The number of hydrogen-bond donors (Lipinski definition) is 0. The topological polar surface area (TPSA) is 72.1 Å². The Morgan fingerprint density at radius 2 is 2.14 bits per heavy atom. The summed E-state index contributed by atoms with van der Waals surface area (Å²) in [7, 11) is 0. The van der Waals surface area contributed by atoms with E-state index in [1.165, 1.54) is 11.3 Å². The molecule has 4 aromatic heterocycles. The molecule has 1 aliphatic rings. The van der Waals surface area contributed by atoms with Gasteiger partial charge in [-0.1, -0.05) is 6.07 Å². The number of carbonyl (C=O) groups is 1. The van der Waals surface area contributed by atoms with Crippen LogP contribution in [0, 0.1) is 13.8 Å². The second-order valence-electron chi connectivity index (χ2n) is 7.29. The van der Waals surface area contributed by atoms with Crippen LogP contribution in [0.3, 0.4) is 0 Å². The Morgan fingerprint density at radius 1 is 1.24 bits per heavy atom. The lowest BCUT2D eigenvalue weighted by atomic mass is 10.1. The molecule has 1 atom stereocenters. The van der Waals surface area contributed by atoms with E-state index in [9.17, 15) is 4.79 Å². The number of nitrogens with zero attached hydrogens (tertiary/aromatic N) is 4. The third-order valence-electron chi connectivity index (χ3n) is 5.49. The number of fused-ring (bicyclic) bond motifs is 1. The number of carbonyl (C=O) groups excluding carboxylic acids is 1. The lowest BCUT2D eigenvalue weighted by Gasteiger charge is -2.24. The third kappa shape index (κ3) is 3.02. The predicted molar refractivity (Wildman–Crippen MR) is 112 cm³/mol. The minimum Gasteiger partial charge on any atom is -0.461 e. The highest BCUT2D eigenvalue weighted by Crippen LogP contribution is 2.38. The zero-order valence-electron chi connectivity index (χ0n) is 16.3. The molecule has 0 saturated carbocycles. The van der Waals surface area contributed by atoms with E-state index in [1.54, 1.807) is 12.5 Å². The van der Waals surface area contributed by atoms with Crippen molar-refractivity contribution in [1.82, 2.24) is 19.9 Å². The molecule has 6 nitrogen and oxygen atoms in total. The molecule has 0 unspecified atom stereocenters. The molecule has 4 aromatic rings. The van der Waals surface area contributed by atoms with Gasteiger partial charge in [-0.05, 0) is 56.0 Å². The number of likely N-dealkylation sites (tertiary alicyclic amines) is 1. The lowest BCUT2D eigenvalue weighted by Crippen LogP contribution is -2.30. The Kier molecular flexibility index (Phi) is 4.39. The first kappa shape index (κ1) is 18.0. The number of furan rings is 1. The summed E-state index contributed by atoms with van der Waals surface area (Å²) in [6, 6.07) is 7.71. The fraction of sp³-hybridized carbons (Fsp3) is 0.273. The molecule has 0 bridgehead atoms. The Balaban J connectivity index is 1.55. The van der Waals surface area contributed by atoms with E-state index in [1.807, 2.05) is 49.2 Å². The van der Waals surface area contributed by atoms with Crippen LogP contribution >= 0.6 is 11.3 Å². The van der Waals surface area contributed by atoms with Crippen molar-refractivity contribution in [2.24, 2.45) is 0 Å². The number of thiophene rings is 1. The van der Waals surface area contributed by atoms with Crippen LogP contribution < -0.4 is 0 Å². The van der Waals surface area contributed by atoms with Crippen molar-refractivity contribution < 1.29 is 9.21 Å². The van der Waals surface area contributed by atoms with Gasteiger partial charge in [0.05, 0.1) is 22.9 Å². The zero-order chi connectivity index (χ0) is 20.0. The molecule has 1 saturated heterocycles. The van der Waals surface area contributed by atoms with Gasteiger partial charge in [0.2, 0.25) is 0 Å².